The van der Waals surface area contributed by atoms with Gasteiger partial charge in [0.15, 0.2) is 5.65 Å². The molecule has 0 aliphatic heterocycles. The van der Waals surface area contributed by atoms with Crippen LogP contribution in [0.5, 0.6) is 0 Å². The number of carbonyl (C=O) groups excluding carboxylic acids is 1. The van der Waals surface area contributed by atoms with Crippen LogP contribution in [0.3, 0.4) is 0 Å². The molecule has 4 aromatic rings. The van der Waals surface area contributed by atoms with Gasteiger partial charge in [0.25, 0.3) is 0 Å². The second kappa shape index (κ2) is 9.15. The van der Waals surface area contributed by atoms with Gasteiger partial charge in [-0.2, -0.15) is 18.3 Å². The third-order valence-corrected chi connectivity index (χ3v) is 5.83. The molecule has 0 amide bonds. The minimum Gasteiger partial charge on any atom is -0.462 e. The van der Waals surface area contributed by atoms with Crippen molar-refractivity contribution in [3.8, 4) is 22.4 Å². The molecule has 0 bridgehead atoms. The van der Waals surface area contributed by atoms with Gasteiger partial charge in [0.1, 0.15) is 5.56 Å². The van der Waals surface area contributed by atoms with Crippen molar-refractivity contribution in [2.45, 2.75) is 18.4 Å². The lowest BCUT2D eigenvalue weighted by atomic mass is 9.99. The van der Waals surface area contributed by atoms with Crippen molar-refractivity contribution in [3.05, 3.63) is 76.6 Å². The van der Waals surface area contributed by atoms with Crippen LogP contribution in [-0.4, -0.2) is 27.2 Å². The van der Waals surface area contributed by atoms with Gasteiger partial charge in [-0.1, -0.05) is 57.9 Å². The van der Waals surface area contributed by atoms with Gasteiger partial charge in [0, 0.05) is 33.2 Å². The van der Waals surface area contributed by atoms with E-state index in [9.17, 15) is 18.0 Å². The van der Waals surface area contributed by atoms with Crippen molar-refractivity contribution in [2.24, 2.45) is 0 Å². The molecule has 0 radical (unpaired) electrons. The molecule has 0 spiro atoms. The standard InChI is InChI=1S/C23H16BrClF3N3O2/c1-2-33-22(32)19-18(11-24)30-31-20(13-7-9-14(10-8-13)23(26,27)28)16(12-29-21(19)31)15-5-3-4-6-17(15)25/h3-10,12H,2,11H2,1H3. The Morgan fingerprint density at radius 2 is 1.82 bits per heavy atom. The third kappa shape index (κ3) is 4.35. The van der Waals surface area contributed by atoms with E-state index in [0.717, 1.165) is 12.1 Å². The minimum absolute atomic E-state index is 0.168. The first-order valence-corrected chi connectivity index (χ1v) is 11.3. The number of hydrogen-bond acceptors (Lipinski definition) is 4. The average Bonchev–Trinajstić information content (AvgIpc) is 3.17. The third-order valence-electron chi connectivity index (χ3n) is 4.97. The molecule has 2 heterocycles. The molecule has 0 atom stereocenters. The summed E-state index contributed by atoms with van der Waals surface area (Å²) in [6.45, 7) is 1.86. The molecular formula is C23H16BrClF3N3O2. The van der Waals surface area contributed by atoms with E-state index in [1.807, 2.05) is 0 Å². The number of nitrogens with zero attached hydrogens (tertiary/aromatic N) is 3. The highest BCUT2D eigenvalue weighted by atomic mass is 79.9. The van der Waals surface area contributed by atoms with Gasteiger partial charge < -0.3 is 4.74 Å². The Kier molecular flexibility index (Phi) is 6.45. The Morgan fingerprint density at radius 3 is 2.42 bits per heavy atom. The lowest BCUT2D eigenvalue weighted by Gasteiger charge is -2.14. The molecule has 0 fully saturated rings. The van der Waals surface area contributed by atoms with Crippen molar-refractivity contribution in [3.63, 3.8) is 0 Å². The summed E-state index contributed by atoms with van der Waals surface area (Å²) in [7, 11) is 0. The van der Waals surface area contributed by atoms with E-state index in [1.165, 1.54) is 22.8 Å². The highest BCUT2D eigenvalue weighted by Crippen LogP contribution is 2.38. The summed E-state index contributed by atoms with van der Waals surface area (Å²) in [5.41, 5.74) is 2.10. The number of esters is 1. The zero-order chi connectivity index (χ0) is 23.8. The maximum Gasteiger partial charge on any atom is 0.416 e. The van der Waals surface area contributed by atoms with Crippen LogP contribution in [0.15, 0.2) is 54.7 Å². The number of halogens is 5. The highest BCUT2D eigenvalue weighted by molar-refractivity contribution is 9.08. The van der Waals surface area contributed by atoms with Gasteiger partial charge in [-0.15, -0.1) is 0 Å². The maximum absolute atomic E-state index is 13.1. The number of aromatic nitrogens is 3. The van der Waals surface area contributed by atoms with E-state index < -0.39 is 17.7 Å². The molecule has 4 rings (SSSR count). The molecular weight excluding hydrogens is 523 g/mol. The Bertz CT molecular complexity index is 1340. The summed E-state index contributed by atoms with van der Waals surface area (Å²) in [4.78, 5) is 17.1. The van der Waals surface area contributed by atoms with Gasteiger partial charge >= 0.3 is 12.1 Å². The first kappa shape index (κ1) is 23.3. The quantitative estimate of drug-likeness (QED) is 0.207. The van der Waals surface area contributed by atoms with Crippen molar-refractivity contribution in [2.75, 3.05) is 6.61 Å². The van der Waals surface area contributed by atoms with Crippen LogP contribution in [0, 0.1) is 0 Å². The molecule has 10 heteroatoms. The molecule has 0 N–H and O–H groups in total. The summed E-state index contributed by atoms with van der Waals surface area (Å²) in [5.74, 6) is -0.585. The lowest BCUT2D eigenvalue weighted by molar-refractivity contribution is -0.137. The lowest BCUT2D eigenvalue weighted by Crippen LogP contribution is -2.07. The fourth-order valence-corrected chi connectivity index (χ4v) is 4.14. The Balaban J connectivity index is 2.05. The van der Waals surface area contributed by atoms with E-state index in [0.29, 0.717) is 33.1 Å². The number of fused-ring (bicyclic) bond motifs is 1. The van der Waals surface area contributed by atoms with Crippen LogP contribution in [-0.2, 0) is 16.2 Å². The SMILES string of the molecule is CCOC(=O)c1c(CBr)nn2c(-c3ccc(C(F)(F)F)cc3)c(-c3ccccc3Cl)cnc12. The first-order chi connectivity index (χ1) is 15.8. The zero-order valence-electron chi connectivity index (χ0n) is 17.2. The Labute approximate surface area is 200 Å². The van der Waals surface area contributed by atoms with E-state index in [4.69, 9.17) is 16.3 Å². The van der Waals surface area contributed by atoms with Crippen LogP contribution >= 0.6 is 27.5 Å². The van der Waals surface area contributed by atoms with Crippen LogP contribution in [0.1, 0.15) is 28.5 Å². The summed E-state index contributed by atoms with van der Waals surface area (Å²) < 4.78 is 46.0. The summed E-state index contributed by atoms with van der Waals surface area (Å²) >= 11 is 9.76. The predicted molar refractivity (Wildman–Crippen MR) is 122 cm³/mol. The van der Waals surface area contributed by atoms with Gasteiger partial charge in [-0.3, -0.25) is 0 Å². The smallest absolute Gasteiger partial charge is 0.416 e. The minimum atomic E-state index is -4.47. The number of alkyl halides is 4. The number of carbonyl (C=O) groups is 1. The van der Waals surface area contributed by atoms with Gasteiger partial charge in [0.05, 0.1) is 23.6 Å². The Hall–Kier alpha value is -2.91. The van der Waals surface area contributed by atoms with Crippen molar-refractivity contribution in [1.82, 2.24) is 14.6 Å². The number of rotatable bonds is 5. The molecule has 2 aromatic heterocycles. The van der Waals surface area contributed by atoms with Gasteiger partial charge in [-0.05, 0) is 25.1 Å². The maximum atomic E-state index is 13.1. The molecule has 170 valence electrons. The van der Waals surface area contributed by atoms with E-state index >= 15 is 0 Å². The largest absolute Gasteiger partial charge is 0.462 e. The predicted octanol–water partition coefficient (Wildman–Crippen LogP) is 6.81. The fraction of sp³-hybridized carbons (Fsp3) is 0.174. The highest BCUT2D eigenvalue weighted by Gasteiger charge is 2.31. The van der Waals surface area contributed by atoms with E-state index in [-0.39, 0.29) is 23.1 Å². The van der Waals surface area contributed by atoms with Crippen LogP contribution < -0.4 is 0 Å². The second-order valence-electron chi connectivity index (χ2n) is 6.99. The van der Waals surface area contributed by atoms with E-state index in [2.05, 4.69) is 26.0 Å². The van der Waals surface area contributed by atoms with Gasteiger partial charge in [-0.25, -0.2) is 14.3 Å². The summed E-state index contributed by atoms with van der Waals surface area (Å²) in [5, 5.41) is 5.22. The molecule has 0 aliphatic rings. The van der Waals surface area contributed by atoms with Crippen LogP contribution in [0.4, 0.5) is 13.2 Å². The molecule has 33 heavy (non-hydrogen) atoms. The molecule has 0 saturated carbocycles. The average molecular weight is 539 g/mol. The van der Waals surface area contributed by atoms with Crippen molar-refractivity contribution >= 4 is 39.1 Å². The summed E-state index contributed by atoms with van der Waals surface area (Å²) in [6.07, 6.45) is -2.93. The Morgan fingerprint density at radius 1 is 1.12 bits per heavy atom. The first-order valence-electron chi connectivity index (χ1n) is 9.82. The fourth-order valence-electron chi connectivity index (χ4n) is 3.51. The molecule has 5 nitrogen and oxygen atoms in total. The van der Waals surface area contributed by atoms with Crippen LogP contribution in [0.25, 0.3) is 28.0 Å². The van der Waals surface area contributed by atoms with Crippen molar-refractivity contribution in [1.29, 1.82) is 0 Å². The monoisotopic (exact) mass is 537 g/mol. The molecule has 0 saturated heterocycles. The number of hydrogen-bond donors (Lipinski definition) is 0. The zero-order valence-corrected chi connectivity index (χ0v) is 19.5. The normalized spacial score (nSPS) is 11.7. The van der Waals surface area contributed by atoms with E-state index in [1.54, 1.807) is 31.2 Å². The number of benzene rings is 2. The summed E-state index contributed by atoms with van der Waals surface area (Å²) in [6, 6.07) is 11.8. The number of ether oxygens (including phenoxy) is 1. The van der Waals surface area contributed by atoms with Gasteiger partial charge in [0.2, 0.25) is 0 Å². The van der Waals surface area contributed by atoms with Crippen LogP contribution in [0.2, 0.25) is 5.02 Å². The molecule has 0 aliphatic carbocycles. The molecule has 0 unspecified atom stereocenters. The topological polar surface area (TPSA) is 56.5 Å². The second-order valence-corrected chi connectivity index (χ2v) is 7.95. The van der Waals surface area contributed by atoms with Crippen molar-refractivity contribution < 1.29 is 22.7 Å². The molecule has 2 aromatic carbocycles.